The van der Waals surface area contributed by atoms with E-state index in [9.17, 15) is 4.79 Å². The second-order valence-corrected chi connectivity index (χ2v) is 6.60. The van der Waals surface area contributed by atoms with Crippen LogP contribution in [0.5, 0.6) is 0 Å². The number of carbonyl (C=O) groups excluding carboxylic acids is 1. The van der Waals surface area contributed by atoms with Gasteiger partial charge in [0.2, 0.25) is 0 Å². The van der Waals surface area contributed by atoms with E-state index < -0.39 is 5.91 Å². The van der Waals surface area contributed by atoms with Crippen LogP contribution in [0.25, 0.3) is 5.69 Å². The molecule has 124 valence electrons. The van der Waals surface area contributed by atoms with Gasteiger partial charge in [-0.25, -0.2) is 9.67 Å². The Morgan fingerprint density at radius 1 is 1.40 bits per heavy atom. The van der Waals surface area contributed by atoms with Crippen LogP contribution < -0.4 is 10.6 Å². The molecule has 3 heterocycles. The number of nitrogens with zero attached hydrogens (tertiary/aromatic N) is 4. The van der Waals surface area contributed by atoms with E-state index in [-0.39, 0.29) is 0 Å². The Morgan fingerprint density at radius 3 is 3.00 bits per heavy atom. The Hall–Kier alpha value is -3.11. The highest BCUT2D eigenvalue weighted by atomic mass is 32.1. The van der Waals surface area contributed by atoms with Gasteiger partial charge >= 0.3 is 0 Å². The molecule has 0 fully saturated rings. The number of benzene rings is 1. The SMILES string of the molecule is C#Cc1cccc(-n2nc(C(N)=O)c3c2CCN(c2nccs2)C3)c1. The van der Waals surface area contributed by atoms with Crippen molar-refractivity contribution in [1.82, 2.24) is 14.8 Å². The predicted molar refractivity (Wildman–Crippen MR) is 96.9 cm³/mol. The van der Waals surface area contributed by atoms with E-state index in [0.29, 0.717) is 12.2 Å². The van der Waals surface area contributed by atoms with Gasteiger partial charge in [0.05, 0.1) is 11.4 Å². The molecule has 0 radical (unpaired) electrons. The molecular weight excluding hydrogens is 334 g/mol. The number of fused-ring (bicyclic) bond motifs is 1. The van der Waals surface area contributed by atoms with Gasteiger partial charge in [-0.3, -0.25) is 4.79 Å². The Kier molecular flexibility index (Phi) is 3.75. The number of primary amides is 1. The van der Waals surface area contributed by atoms with Gasteiger partial charge in [-0.2, -0.15) is 5.10 Å². The van der Waals surface area contributed by atoms with Crippen LogP contribution in [0, 0.1) is 12.3 Å². The molecule has 0 atom stereocenters. The van der Waals surface area contributed by atoms with Gasteiger partial charge in [0.25, 0.3) is 5.91 Å². The zero-order valence-electron chi connectivity index (χ0n) is 13.3. The van der Waals surface area contributed by atoms with Crippen LogP contribution in [0.2, 0.25) is 0 Å². The second-order valence-electron chi connectivity index (χ2n) is 5.73. The number of nitrogens with two attached hydrogens (primary N) is 1. The highest BCUT2D eigenvalue weighted by Crippen LogP contribution is 2.29. The van der Waals surface area contributed by atoms with Crippen LogP contribution in [0.1, 0.15) is 27.3 Å². The molecule has 3 aromatic rings. The number of hydrogen-bond acceptors (Lipinski definition) is 5. The molecule has 25 heavy (non-hydrogen) atoms. The number of hydrogen-bond donors (Lipinski definition) is 1. The fourth-order valence-electron chi connectivity index (χ4n) is 3.09. The Morgan fingerprint density at radius 2 is 2.28 bits per heavy atom. The zero-order chi connectivity index (χ0) is 17.4. The minimum Gasteiger partial charge on any atom is -0.364 e. The van der Waals surface area contributed by atoms with Crippen molar-refractivity contribution < 1.29 is 4.79 Å². The summed E-state index contributed by atoms with van der Waals surface area (Å²) in [6.45, 7) is 1.37. The van der Waals surface area contributed by atoms with Gasteiger partial charge in [-0.05, 0) is 18.2 Å². The van der Waals surface area contributed by atoms with Crippen LogP contribution >= 0.6 is 11.3 Å². The molecule has 1 aromatic carbocycles. The molecule has 0 aliphatic carbocycles. The number of aromatic nitrogens is 3. The summed E-state index contributed by atoms with van der Waals surface area (Å²) in [6, 6.07) is 7.54. The Balaban J connectivity index is 1.80. The molecule has 0 saturated heterocycles. The highest BCUT2D eigenvalue weighted by Gasteiger charge is 2.28. The van der Waals surface area contributed by atoms with Gasteiger partial charge in [-0.1, -0.05) is 12.0 Å². The summed E-state index contributed by atoms with van der Waals surface area (Å²) < 4.78 is 1.79. The van der Waals surface area contributed by atoms with Crippen molar-refractivity contribution >= 4 is 22.4 Å². The van der Waals surface area contributed by atoms with Crippen LogP contribution in [0.3, 0.4) is 0 Å². The van der Waals surface area contributed by atoms with Gasteiger partial charge < -0.3 is 10.6 Å². The number of anilines is 1. The third-order valence-electron chi connectivity index (χ3n) is 4.24. The fraction of sp³-hybridized carbons (Fsp3) is 0.167. The molecule has 1 amide bonds. The van der Waals surface area contributed by atoms with Crippen LogP contribution in [-0.2, 0) is 13.0 Å². The number of rotatable bonds is 3. The second kappa shape index (κ2) is 6.07. The molecule has 0 bridgehead atoms. The largest absolute Gasteiger partial charge is 0.364 e. The fourth-order valence-corrected chi connectivity index (χ4v) is 3.76. The maximum absolute atomic E-state index is 11.9. The van der Waals surface area contributed by atoms with E-state index in [1.165, 1.54) is 0 Å². The molecule has 7 heteroatoms. The molecule has 1 aliphatic heterocycles. The lowest BCUT2D eigenvalue weighted by molar-refractivity contribution is 0.0994. The van der Waals surface area contributed by atoms with E-state index in [1.807, 2.05) is 29.6 Å². The average Bonchev–Trinajstić information content (AvgIpc) is 3.29. The molecule has 2 aromatic heterocycles. The van der Waals surface area contributed by atoms with Crippen LogP contribution in [-0.4, -0.2) is 27.2 Å². The molecular formula is C18H15N5OS. The number of thiazole rings is 1. The summed E-state index contributed by atoms with van der Waals surface area (Å²) in [5.41, 5.74) is 9.34. The van der Waals surface area contributed by atoms with Crippen molar-refractivity contribution in [1.29, 1.82) is 0 Å². The third-order valence-corrected chi connectivity index (χ3v) is 5.07. The van der Waals surface area contributed by atoms with Gasteiger partial charge in [0.1, 0.15) is 0 Å². The van der Waals surface area contributed by atoms with Crippen molar-refractivity contribution in [3.8, 4) is 18.0 Å². The van der Waals surface area contributed by atoms with Crippen molar-refractivity contribution in [2.45, 2.75) is 13.0 Å². The molecule has 2 N–H and O–H groups in total. The first-order chi connectivity index (χ1) is 12.2. The number of terminal acetylenes is 1. The smallest absolute Gasteiger partial charge is 0.269 e. The van der Waals surface area contributed by atoms with E-state index in [0.717, 1.165) is 40.6 Å². The summed E-state index contributed by atoms with van der Waals surface area (Å²) in [6.07, 6.45) is 8.02. The first kappa shape index (κ1) is 15.4. The lowest BCUT2D eigenvalue weighted by Crippen LogP contribution is -2.31. The maximum atomic E-state index is 11.9. The summed E-state index contributed by atoms with van der Waals surface area (Å²) in [5, 5.41) is 7.36. The minimum atomic E-state index is -0.524. The summed E-state index contributed by atoms with van der Waals surface area (Å²) >= 11 is 1.58. The Labute approximate surface area is 148 Å². The zero-order valence-corrected chi connectivity index (χ0v) is 14.2. The monoisotopic (exact) mass is 349 g/mol. The first-order valence-electron chi connectivity index (χ1n) is 7.79. The molecule has 0 spiro atoms. The molecule has 1 aliphatic rings. The molecule has 0 unspecified atom stereocenters. The summed E-state index contributed by atoms with van der Waals surface area (Å²) in [4.78, 5) is 18.4. The van der Waals surface area contributed by atoms with Gasteiger partial charge in [-0.15, -0.1) is 17.8 Å². The molecule has 0 saturated carbocycles. The van der Waals surface area contributed by atoms with Crippen molar-refractivity contribution in [2.75, 3.05) is 11.4 Å². The van der Waals surface area contributed by atoms with E-state index in [1.54, 1.807) is 22.2 Å². The lowest BCUT2D eigenvalue weighted by Gasteiger charge is -2.27. The van der Waals surface area contributed by atoms with Crippen molar-refractivity contribution in [3.63, 3.8) is 0 Å². The topological polar surface area (TPSA) is 77.0 Å². The van der Waals surface area contributed by atoms with E-state index >= 15 is 0 Å². The van der Waals surface area contributed by atoms with Crippen molar-refractivity contribution in [3.05, 3.63) is 58.4 Å². The van der Waals surface area contributed by atoms with Crippen LogP contribution in [0.4, 0.5) is 5.13 Å². The standard InChI is InChI=1S/C18H15N5OS/c1-2-12-4-3-5-13(10-12)23-15-6-8-22(18-20-7-9-25-18)11-14(15)16(21-23)17(19)24/h1,3-5,7,9-10H,6,8,11H2,(H2,19,24). The quantitative estimate of drug-likeness (QED) is 0.734. The summed E-state index contributed by atoms with van der Waals surface area (Å²) in [7, 11) is 0. The normalized spacial score (nSPS) is 13.3. The summed E-state index contributed by atoms with van der Waals surface area (Å²) in [5.74, 6) is 2.10. The first-order valence-corrected chi connectivity index (χ1v) is 8.67. The number of carbonyl (C=O) groups is 1. The minimum absolute atomic E-state index is 0.308. The lowest BCUT2D eigenvalue weighted by atomic mass is 10.0. The van der Waals surface area contributed by atoms with Gasteiger partial charge in [0, 0.05) is 42.2 Å². The van der Waals surface area contributed by atoms with Gasteiger partial charge in [0.15, 0.2) is 10.8 Å². The van der Waals surface area contributed by atoms with E-state index in [2.05, 4.69) is 20.9 Å². The van der Waals surface area contributed by atoms with Crippen molar-refractivity contribution in [2.24, 2.45) is 5.73 Å². The molecule has 4 rings (SSSR count). The molecule has 6 nitrogen and oxygen atoms in total. The number of amides is 1. The Bertz CT molecular complexity index is 984. The maximum Gasteiger partial charge on any atom is 0.269 e. The van der Waals surface area contributed by atoms with Crippen LogP contribution in [0.15, 0.2) is 35.8 Å². The average molecular weight is 349 g/mol. The van der Waals surface area contributed by atoms with E-state index in [4.69, 9.17) is 12.2 Å². The predicted octanol–water partition coefficient (Wildman–Crippen LogP) is 1.97. The third kappa shape index (κ3) is 2.66. The highest BCUT2D eigenvalue weighted by molar-refractivity contribution is 7.13.